The van der Waals surface area contributed by atoms with Crippen LogP contribution < -0.4 is 4.74 Å². The molecule has 0 saturated carbocycles. The number of carbonyl (C=O) groups is 2. The first-order valence-electron chi connectivity index (χ1n) is 6.77. The molecule has 0 radical (unpaired) electrons. The molecule has 0 bridgehead atoms. The Hall–Kier alpha value is -2.14. The van der Waals surface area contributed by atoms with Gasteiger partial charge in [0.15, 0.2) is 6.61 Å². The van der Waals surface area contributed by atoms with E-state index < -0.39 is 33.6 Å². The summed E-state index contributed by atoms with van der Waals surface area (Å²) in [4.78, 5) is 21.6. The summed E-state index contributed by atoms with van der Waals surface area (Å²) in [6.07, 6.45) is -4.44. The van der Waals surface area contributed by atoms with E-state index in [0.717, 1.165) is 12.1 Å². The number of halogens is 3. The van der Waals surface area contributed by atoms with Crippen molar-refractivity contribution in [1.29, 1.82) is 0 Å². The predicted octanol–water partition coefficient (Wildman–Crippen LogP) is 2.27. The van der Waals surface area contributed by atoms with Crippen LogP contribution >= 0.6 is 0 Å². The lowest BCUT2D eigenvalue weighted by Gasteiger charge is -2.07. The van der Waals surface area contributed by atoms with Gasteiger partial charge in [-0.15, -0.1) is 0 Å². The largest absolute Gasteiger partial charge is 0.482 e. The molecule has 1 aromatic rings. The van der Waals surface area contributed by atoms with Crippen molar-refractivity contribution >= 4 is 21.9 Å². The maximum Gasteiger partial charge on any atom is 0.454 e. The molecule has 0 unspecified atom stereocenters. The van der Waals surface area contributed by atoms with E-state index in [0.29, 0.717) is 6.42 Å². The average Bonchev–Trinajstić information content (AvgIpc) is 2.51. The third-order valence-electron chi connectivity index (χ3n) is 2.42. The number of rotatable bonds is 6. The highest BCUT2D eigenvalue weighted by Gasteiger charge is 2.39. The fraction of sp³-hybridized carbons (Fsp3) is 0.429. The molecule has 1 rings (SSSR count). The number of carbonyl (C=O) groups excluding carboxylic acids is 2. The minimum atomic E-state index is -4.91. The van der Waals surface area contributed by atoms with E-state index in [1.165, 1.54) is 19.2 Å². The SMILES string of the molecule is CCCS(=O)(=O)O.COC(=O)COc1ccc(C(=O)C(F)(F)F)cc1. The van der Waals surface area contributed by atoms with Crippen molar-refractivity contribution in [3.8, 4) is 5.75 Å². The van der Waals surface area contributed by atoms with Crippen molar-refractivity contribution in [2.75, 3.05) is 19.5 Å². The Morgan fingerprint density at radius 2 is 1.68 bits per heavy atom. The monoisotopic (exact) mass is 386 g/mol. The molecule has 0 aliphatic rings. The van der Waals surface area contributed by atoms with Crippen LogP contribution in [-0.4, -0.2) is 50.4 Å². The quantitative estimate of drug-likeness (QED) is 0.454. The first-order valence-corrected chi connectivity index (χ1v) is 8.38. The zero-order valence-electron chi connectivity index (χ0n) is 13.4. The van der Waals surface area contributed by atoms with Gasteiger partial charge in [0.2, 0.25) is 0 Å². The van der Waals surface area contributed by atoms with Crippen LogP contribution in [0.15, 0.2) is 24.3 Å². The predicted molar refractivity (Wildman–Crippen MR) is 81.0 cm³/mol. The minimum Gasteiger partial charge on any atom is -0.482 e. The second-order valence-corrected chi connectivity index (χ2v) is 6.07. The van der Waals surface area contributed by atoms with Crippen LogP contribution in [0, 0.1) is 0 Å². The number of ether oxygens (including phenoxy) is 2. The molecule has 0 aliphatic heterocycles. The highest BCUT2D eigenvalue weighted by Crippen LogP contribution is 2.22. The van der Waals surface area contributed by atoms with Gasteiger partial charge in [-0.05, 0) is 30.7 Å². The van der Waals surface area contributed by atoms with Crippen LogP contribution in [0.25, 0.3) is 0 Å². The number of benzene rings is 1. The molecule has 25 heavy (non-hydrogen) atoms. The molecule has 0 fully saturated rings. The molecule has 0 spiro atoms. The molecular formula is C14H17F3O7S. The Morgan fingerprint density at radius 3 is 2.00 bits per heavy atom. The maximum absolute atomic E-state index is 12.1. The van der Waals surface area contributed by atoms with Gasteiger partial charge in [-0.1, -0.05) is 6.92 Å². The molecule has 0 amide bonds. The standard InChI is InChI=1S/C11H9F3O4.C3H8O3S/c1-17-9(15)6-18-8-4-2-7(3-5-8)10(16)11(12,13)14;1-2-3-7(4,5)6/h2-5H,6H2,1H3;2-3H2,1H3,(H,4,5,6). The summed E-state index contributed by atoms with van der Waals surface area (Å²) >= 11 is 0. The number of alkyl halides is 3. The zero-order chi connectivity index (χ0) is 19.7. The van der Waals surface area contributed by atoms with Crippen molar-refractivity contribution in [3.63, 3.8) is 0 Å². The smallest absolute Gasteiger partial charge is 0.454 e. The van der Waals surface area contributed by atoms with E-state index in [1.807, 2.05) is 0 Å². The number of hydrogen-bond acceptors (Lipinski definition) is 6. The molecule has 7 nitrogen and oxygen atoms in total. The molecular weight excluding hydrogens is 369 g/mol. The van der Waals surface area contributed by atoms with Crippen LogP contribution in [0.3, 0.4) is 0 Å². The van der Waals surface area contributed by atoms with Crippen molar-refractivity contribution in [2.24, 2.45) is 0 Å². The minimum absolute atomic E-state index is 0.132. The summed E-state index contributed by atoms with van der Waals surface area (Å²) in [6, 6.07) is 4.29. The van der Waals surface area contributed by atoms with Gasteiger partial charge in [0.1, 0.15) is 5.75 Å². The third kappa shape index (κ3) is 10.4. The van der Waals surface area contributed by atoms with E-state index in [1.54, 1.807) is 6.92 Å². The Morgan fingerprint density at radius 1 is 1.16 bits per heavy atom. The van der Waals surface area contributed by atoms with Crippen molar-refractivity contribution in [3.05, 3.63) is 29.8 Å². The van der Waals surface area contributed by atoms with E-state index in [9.17, 15) is 31.2 Å². The molecule has 1 N–H and O–H groups in total. The molecule has 11 heteroatoms. The van der Waals surface area contributed by atoms with Gasteiger partial charge in [-0.2, -0.15) is 21.6 Å². The van der Waals surface area contributed by atoms with Gasteiger partial charge in [0, 0.05) is 5.56 Å². The maximum atomic E-state index is 12.1. The van der Waals surface area contributed by atoms with Crippen LogP contribution in [0.1, 0.15) is 23.7 Å². The van der Waals surface area contributed by atoms with Crippen LogP contribution in [-0.2, 0) is 19.6 Å². The third-order valence-corrected chi connectivity index (χ3v) is 3.34. The molecule has 142 valence electrons. The zero-order valence-corrected chi connectivity index (χ0v) is 14.2. The molecule has 0 aromatic heterocycles. The van der Waals surface area contributed by atoms with Crippen LogP contribution in [0.5, 0.6) is 5.75 Å². The Bertz CT molecular complexity index is 667. The fourth-order valence-corrected chi connectivity index (χ4v) is 1.84. The summed E-state index contributed by atoms with van der Waals surface area (Å²) < 4.78 is 73.1. The summed E-state index contributed by atoms with van der Waals surface area (Å²) in [6.45, 7) is 1.33. The highest BCUT2D eigenvalue weighted by atomic mass is 32.2. The van der Waals surface area contributed by atoms with Crippen molar-refractivity contribution in [1.82, 2.24) is 0 Å². The van der Waals surface area contributed by atoms with Gasteiger partial charge in [-0.3, -0.25) is 9.35 Å². The molecule has 0 heterocycles. The van der Waals surface area contributed by atoms with Crippen LogP contribution in [0.2, 0.25) is 0 Å². The van der Waals surface area contributed by atoms with Gasteiger partial charge >= 0.3 is 12.1 Å². The Kier molecular flexibility index (Phi) is 9.13. The first kappa shape index (κ1) is 22.9. The second-order valence-electron chi connectivity index (χ2n) is 4.50. The lowest BCUT2D eigenvalue weighted by Crippen LogP contribution is -2.22. The summed E-state index contributed by atoms with van der Waals surface area (Å²) in [5.41, 5.74) is -0.493. The molecule has 1 aromatic carbocycles. The van der Waals surface area contributed by atoms with Gasteiger partial charge in [0.25, 0.3) is 15.9 Å². The number of Topliss-reactive ketones (excluding diaryl/α,β-unsaturated/α-hetero) is 1. The topological polar surface area (TPSA) is 107 Å². The van der Waals surface area contributed by atoms with Gasteiger partial charge in [-0.25, -0.2) is 4.79 Å². The van der Waals surface area contributed by atoms with Crippen molar-refractivity contribution < 1.29 is 45.2 Å². The molecule has 0 atom stereocenters. The molecule has 0 saturated heterocycles. The van der Waals surface area contributed by atoms with E-state index in [4.69, 9.17) is 9.29 Å². The highest BCUT2D eigenvalue weighted by molar-refractivity contribution is 7.85. The number of hydrogen-bond donors (Lipinski definition) is 1. The lowest BCUT2D eigenvalue weighted by atomic mass is 10.1. The second kappa shape index (κ2) is 9.99. The number of ketones is 1. The molecule has 0 aliphatic carbocycles. The van der Waals surface area contributed by atoms with E-state index in [2.05, 4.69) is 4.74 Å². The van der Waals surface area contributed by atoms with Crippen molar-refractivity contribution in [2.45, 2.75) is 19.5 Å². The fourth-order valence-electron chi connectivity index (χ4n) is 1.33. The summed E-state index contributed by atoms with van der Waals surface area (Å²) in [7, 11) is -2.50. The van der Waals surface area contributed by atoms with Gasteiger partial charge < -0.3 is 9.47 Å². The van der Waals surface area contributed by atoms with E-state index >= 15 is 0 Å². The average molecular weight is 386 g/mol. The first-order chi connectivity index (χ1) is 11.4. The van der Waals surface area contributed by atoms with E-state index in [-0.39, 0.29) is 18.1 Å². The normalized spacial score (nSPS) is 11.1. The van der Waals surface area contributed by atoms with Crippen LogP contribution in [0.4, 0.5) is 13.2 Å². The summed E-state index contributed by atoms with van der Waals surface area (Å²) in [5.74, 6) is -2.51. The number of esters is 1. The summed E-state index contributed by atoms with van der Waals surface area (Å²) in [5, 5.41) is 0. The Labute approximate surface area is 142 Å². The number of methoxy groups -OCH3 is 1. The lowest BCUT2D eigenvalue weighted by molar-refractivity contribution is -0.142. The van der Waals surface area contributed by atoms with Gasteiger partial charge in [0.05, 0.1) is 12.9 Å². The Balaban J connectivity index is 0.000000697.